The van der Waals surface area contributed by atoms with Crippen LogP contribution < -0.4 is 10.4 Å². The third-order valence-electron chi connectivity index (χ3n) is 5.89. The molecule has 0 radical (unpaired) electrons. The van der Waals surface area contributed by atoms with E-state index in [-0.39, 0.29) is 23.2 Å². The van der Waals surface area contributed by atoms with E-state index in [4.69, 9.17) is 4.43 Å². The van der Waals surface area contributed by atoms with Crippen LogP contribution in [0.15, 0.2) is 72.8 Å². The van der Waals surface area contributed by atoms with Crippen molar-refractivity contribution in [3.05, 3.63) is 72.8 Å². The van der Waals surface area contributed by atoms with Crippen molar-refractivity contribution in [2.24, 2.45) is 5.92 Å². The number of rotatable bonds is 4. The summed E-state index contributed by atoms with van der Waals surface area (Å²) in [4.78, 5) is 0. The lowest BCUT2D eigenvalue weighted by atomic mass is 9.83. The van der Waals surface area contributed by atoms with E-state index >= 15 is 0 Å². The van der Waals surface area contributed by atoms with E-state index in [0.29, 0.717) is 6.42 Å². The molecule has 0 spiro atoms. The summed E-state index contributed by atoms with van der Waals surface area (Å²) < 4.78 is 7.13. The second-order valence-corrected chi connectivity index (χ2v) is 13.2. The Balaban J connectivity index is 2.14. The lowest BCUT2D eigenvalue weighted by molar-refractivity contribution is 0.0423. The van der Waals surface area contributed by atoms with Crippen LogP contribution in [-0.4, -0.2) is 25.6 Å². The van der Waals surface area contributed by atoms with Crippen LogP contribution in [0.4, 0.5) is 0 Å². The average molecular weight is 381 g/mol. The second kappa shape index (κ2) is 7.74. The minimum Gasteiger partial charge on any atom is -0.401 e. The molecule has 27 heavy (non-hydrogen) atoms. The monoisotopic (exact) mass is 380 g/mol. The molecule has 0 saturated heterocycles. The predicted octanol–water partition coefficient (Wildman–Crippen LogP) is 4.28. The van der Waals surface area contributed by atoms with E-state index in [0.717, 1.165) is 12.0 Å². The van der Waals surface area contributed by atoms with Gasteiger partial charge in [-0.15, -0.1) is 0 Å². The van der Waals surface area contributed by atoms with Gasteiger partial charge in [0.1, 0.15) is 0 Å². The summed E-state index contributed by atoms with van der Waals surface area (Å²) in [5, 5.41) is 13.0. The van der Waals surface area contributed by atoms with Crippen molar-refractivity contribution < 1.29 is 9.53 Å². The van der Waals surface area contributed by atoms with Crippen LogP contribution in [0.2, 0.25) is 5.04 Å². The van der Waals surface area contributed by atoms with Crippen LogP contribution in [-0.2, 0) is 4.43 Å². The number of benzene rings is 2. The molecular formula is C24H32O2Si. The van der Waals surface area contributed by atoms with E-state index in [1.807, 2.05) is 0 Å². The highest BCUT2D eigenvalue weighted by molar-refractivity contribution is 6.99. The molecule has 1 fully saturated rings. The zero-order chi connectivity index (χ0) is 19.7. The first-order valence-corrected chi connectivity index (χ1v) is 11.8. The summed E-state index contributed by atoms with van der Waals surface area (Å²) in [5.74, 6) is 0.247. The van der Waals surface area contributed by atoms with E-state index in [1.165, 1.54) is 10.4 Å². The van der Waals surface area contributed by atoms with Gasteiger partial charge in [0.15, 0.2) is 0 Å². The van der Waals surface area contributed by atoms with Gasteiger partial charge >= 0.3 is 0 Å². The van der Waals surface area contributed by atoms with Crippen molar-refractivity contribution in [3.8, 4) is 0 Å². The standard InChI is InChI=1S/C24H32O2Si/c1-18-16-19(2)23(17-22(18)25)26-27(24(3,4)5,20-12-8-6-9-13-20)21-14-10-7-11-15-21/h6-15,18,22-23,25H,2,16-17H2,1,3-5H3/t18-,22-,23-/m1/s1. The number of aliphatic hydroxyl groups excluding tert-OH is 1. The molecule has 0 bridgehead atoms. The van der Waals surface area contributed by atoms with Crippen molar-refractivity contribution in [2.75, 3.05) is 0 Å². The van der Waals surface area contributed by atoms with Gasteiger partial charge in [0, 0.05) is 6.42 Å². The predicted molar refractivity (Wildman–Crippen MR) is 116 cm³/mol. The molecule has 0 aliphatic heterocycles. The van der Waals surface area contributed by atoms with Crippen molar-refractivity contribution in [3.63, 3.8) is 0 Å². The first kappa shape index (κ1) is 20.1. The highest BCUT2D eigenvalue weighted by Crippen LogP contribution is 2.40. The van der Waals surface area contributed by atoms with E-state index in [1.54, 1.807) is 0 Å². The summed E-state index contributed by atoms with van der Waals surface area (Å²) in [6.07, 6.45) is 1.01. The van der Waals surface area contributed by atoms with Crippen LogP contribution in [0.5, 0.6) is 0 Å². The Morgan fingerprint density at radius 2 is 1.44 bits per heavy atom. The van der Waals surface area contributed by atoms with Crippen molar-refractivity contribution in [2.45, 2.75) is 57.8 Å². The Hall–Kier alpha value is -1.68. The highest BCUT2D eigenvalue weighted by Gasteiger charge is 2.52. The smallest absolute Gasteiger partial charge is 0.261 e. The fourth-order valence-electron chi connectivity index (χ4n) is 4.34. The lowest BCUT2D eigenvalue weighted by Gasteiger charge is -2.47. The van der Waals surface area contributed by atoms with Crippen LogP contribution in [0.1, 0.15) is 40.5 Å². The summed E-state index contributed by atoms with van der Waals surface area (Å²) in [6.45, 7) is 13.3. The zero-order valence-electron chi connectivity index (χ0n) is 17.0. The molecule has 1 N–H and O–H groups in total. The van der Waals surface area contributed by atoms with Gasteiger partial charge in [-0.05, 0) is 33.3 Å². The minimum atomic E-state index is -2.60. The van der Waals surface area contributed by atoms with E-state index < -0.39 is 8.32 Å². The Labute approximate surface area is 165 Å². The normalized spacial score (nSPS) is 24.0. The van der Waals surface area contributed by atoms with Gasteiger partial charge in [0.2, 0.25) is 0 Å². The van der Waals surface area contributed by atoms with E-state index in [9.17, 15) is 5.11 Å². The molecule has 3 atom stereocenters. The van der Waals surface area contributed by atoms with Gasteiger partial charge < -0.3 is 9.53 Å². The minimum absolute atomic E-state index is 0.0655. The summed E-state index contributed by atoms with van der Waals surface area (Å²) >= 11 is 0. The Bertz CT molecular complexity index is 724. The summed E-state index contributed by atoms with van der Waals surface area (Å²) in [7, 11) is -2.60. The molecule has 3 heteroatoms. The van der Waals surface area contributed by atoms with Crippen LogP contribution in [0, 0.1) is 5.92 Å². The molecule has 0 heterocycles. The fourth-order valence-corrected chi connectivity index (χ4v) is 9.04. The Morgan fingerprint density at radius 3 is 1.89 bits per heavy atom. The van der Waals surface area contributed by atoms with E-state index in [2.05, 4.69) is 94.9 Å². The van der Waals surface area contributed by atoms with Gasteiger partial charge in [0.05, 0.1) is 12.2 Å². The number of hydrogen-bond acceptors (Lipinski definition) is 2. The molecular weight excluding hydrogens is 348 g/mol. The van der Waals surface area contributed by atoms with Crippen LogP contribution in [0.3, 0.4) is 0 Å². The van der Waals surface area contributed by atoms with Gasteiger partial charge in [0.25, 0.3) is 8.32 Å². The molecule has 1 aliphatic carbocycles. The van der Waals surface area contributed by atoms with Crippen LogP contribution in [0.25, 0.3) is 0 Å². The van der Waals surface area contributed by atoms with Crippen molar-refractivity contribution in [1.29, 1.82) is 0 Å². The van der Waals surface area contributed by atoms with Crippen molar-refractivity contribution >= 4 is 18.7 Å². The second-order valence-electron chi connectivity index (χ2n) is 8.91. The Morgan fingerprint density at radius 1 is 0.963 bits per heavy atom. The maximum absolute atomic E-state index is 10.5. The van der Waals surface area contributed by atoms with Gasteiger partial charge in [-0.25, -0.2) is 0 Å². The molecule has 3 rings (SSSR count). The first-order valence-electron chi connectivity index (χ1n) is 9.90. The molecule has 2 aromatic rings. The topological polar surface area (TPSA) is 29.5 Å². The fraction of sp³-hybridized carbons (Fsp3) is 0.417. The van der Waals surface area contributed by atoms with Gasteiger partial charge in [-0.2, -0.15) is 0 Å². The molecule has 1 saturated carbocycles. The largest absolute Gasteiger partial charge is 0.401 e. The maximum Gasteiger partial charge on any atom is 0.261 e. The zero-order valence-corrected chi connectivity index (χ0v) is 18.0. The van der Waals surface area contributed by atoms with Gasteiger partial charge in [-0.3, -0.25) is 0 Å². The number of aliphatic hydroxyl groups is 1. The molecule has 0 aromatic heterocycles. The molecule has 2 nitrogen and oxygen atoms in total. The molecule has 0 amide bonds. The van der Waals surface area contributed by atoms with Crippen molar-refractivity contribution in [1.82, 2.24) is 0 Å². The number of hydrogen-bond donors (Lipinski definition) is 1. The molecule has 2 aromatic carbocycles. The Kier molecular flexibility index (Phi) is 5.75. The molecule has 0 unspecified atom stereocenters. The summed E-state index contributed by atoms with van der Waals surface area (Å²) in [6, 6.07) is 21.3. The summed E-state index contributed by atoms with van der Waals surface area (Å²) in [5.41, 5.74) is 1.11. The third kappa shape index (κ3) is 3.82. The maximum atomic E-state index is 10.5. The quantitative estimate of drug-likeness (QED) is 0.634. The SMILES string of the molecule is C=C1C[C@@H](C)[C@H](O)C[C@H]1O[Si](c1ccccc1)(c1ccccc1)C(C)(C)C. The van der Waals surface area contributed by atoms with Gasteiger partial charge in [-0.1, -0.05) is 94.9 Å². The molecule has 144 valence electrons. The highest BCUT2D eigenvalue weighted by atomic mass is 28.4. The lowest BCUT2D eigenvalue weighted by Crippen LogP contribution is -2.68. The van der Waals surface area contributed by atoms with Crippen LogP contribution >= 0.6 is 0 Å². The molecule has 1 aliphatic rings. The average Bonchev–Trinajstić information content (AvgIpc) is 2.64. The third-order valence-corrected chi connectivity index (χ3v) is 10.9. The first-order chi connectivity index (χ1) is 12.8.